The monoisotopic (exact) mass is 456 g/mol. The number of benzene rings is 2. The number of aromatic nitrogens is 1. The third-order valence-electron chi connectivity index (χ3n) is 4.87. The molecule has 4 rings (SSSR count). The Balaban J connectivity index is 1.80. The van der Waals surface area contributed by atoms with E-state index in [1.54, 1.807) is 6.92 Å². The summed E-state index contributed by atoms with van der Waals surface area (Å²) in [5.41, 5.74) is 3.16. The molecule has 29 heavy (non-hydrogen) atoms. The minimum absolute atomic E-state index is 0.225. The largest absolute Gasteiger partial charge is 0.462 e. The molecular weight excluding hydrogens is 439 g/mol. The molecule has 0 aliphatic carbocycles. The molecule has 5 nitrogen and oxygen atoms in total. The first-order valence-electron chi connectivity index (χ1n) is 9.24. The van der Waals surface area contributed by atoms with E-state index in [-0.39, 0.29) is 12.5 Å². The minimum Gasteiger partial charge on any atom is -0.462 e. The van der Waals surface area contributed by atoms with Gasteiger partial charge in [0.1, 0.15) is 5.82 Å². The van der Waals surface area contributed by atoms with Crippen LogP contribution in [0.5, 0.6) is 0 Å². The van der Waals surface area contributed by atoms with Crippen molar-refractivity contribution in [2.24, 2.45) is 0 Å². The Hall–Kier alpha value is -2.93. The van der Waals surface area contributed by atoms with Crippen LogP contribution in [-0.4, -0.2) is 34.9 Å². The Bertz CT molecular complexity index is 1130. The summed E-state index contributed by atoms with van der Waals surface area (Å²) in [7, 11) is 0. The Morgan fingerprint density at radius 2 is 1.97 bits per heavy atom. The zero-order chi connectivity index (χ0) is 20.5. The molecule has 0 atom stereocenters. The second-order valence-electron chi connectivity index (χ2n) is 6.69. The van der Waals surface area contributed by atoms with E-state index in [0.717, 1.165) is 20.9 Å². The van der Waals surface area contributed by atoms with Crippen LogP contribution in [0, 0.1) is 5.82 Å². The van der Waals surface area contributed by atoms with Gasteiger partial charge in [-0.2, -0.15) is 0 Å². The number of aromatic amines is 1. The molecule has 1 aliphatic heterocycles. The summed E-state index contributed by atoms with van der Waals surface area (Å²) in [5.74, 6) is -1.21. The standard InChI is InChI=1S/C22H18BrFN2O3/c1-2-29-22(28)18-12-26(21(27)13-3-6-15(24)7-4-13)10-9-17-16-8-5-14(23)11-19(16)25-20(17)18/h3-8,11-12,25H,2,9-10H2,1H3. The number of hydrogen-bond donors (Lipinski definition) is 1. The van der Waals surface area contributed by atoms with Crippen LogP contribution in [0.25, 0.3) is 16.5 Å². The maximum absolute atomic E-state index is 13.2. The van der Waals surface area contributed by atoms with Crippen LogP contribution >= 0.6 is 15.9 Å². The molecule has 148 valence electrons. The number of carbonyl (C=O) groups is 2. The molecule has 3 aromatic rings. The fourth-order valence-electron chi connectivity index (χ4n) is 3.52. The molecule has 0 radical (unpaired) electrons. The third kappa shape index (κ3) is 3.70. The van der Waals surface area contributed by atoms with Gasteiger partial charge in [0.15, 0.2) is 0 Å². The highest BCUT2D eigenvalue weighted by Gasteiger charge is 2.27. The van der Waals surface area contributed by atoms with Crippen LogP contribution in [0.3, 0.4) is 0 Å². The van der Waals surface area contributed by atoms with Gasteiger partial charge in [0.05, 0.1) is 17.9 Å². The fourth-order valence-corrected chi connectivity index (χ4v) is 3.88. The zero-order valence-electron chi connectivity index (χ0n) is 15.7. The van der Waals surface area contributed by atoms with Crippen molar-refractivity contribution in [1.82, 2.24) is 9.88 Å². The van der Waals surface area contributed by atoms with Crippen LogP contribution in [0.4, 0.5) is 4.39 Å². The molecular formula is C22H18BrFN2O3. The minimum atomic E-state index is -0.502. The summed E-state index contributed by atoms with van der Waals surface area (Å²) < 4.78 is 19.4. The quantitative estimate of drug-likeness (QED) is 0.582. The van der Waals surface area contributed by atoms with E-state index in [2.05, 4.69) is 20.9 Å². The Kier molecular flexibility index (Phi) is 5.24. The molecule has 0 saturated carbocycles. The summed E-state index contributed by atoms with van der Waals surface area (Å²) in [6.45, 7) is 2.35. The van der Waals surface area contributed by atoms with E-state index in [1.165, 1.54) is 35.4 Å². The lowest BCUT2D eigenvalue weighted by atomic mass is 10.0. The fraction of sp³-hybridized carbons (Fsp3) is 0.182. The lowest BCUT2D eigenvalue weighted by molar-refractivity contribution is -0.136. The average Bonchev–Trinajstić information content (AvgIpc) is 2.94. The summed E-state index contributed by atoms with van der Waals surface area (Å²) in [5, 5.41) is 0.995. The topological polar surface area (TPSA) is 62.4 Å². The van der Waals surface area contributed by atoms with E-state index in [0.29, 0.717) is 29.8 Å². The summed E-state index contributed by atoms with van der Waals surface area (Å²) in [6.07, 6.45) is 2.09. The van der Waals surface area contributed by atoms with Gasteiger partial charge in [0.2, 0.25) is 0 Å². The molecule has 1 aliphatic rings. The van der Waals surface area contributed by atoms with Crippen molar-refractivity contribution >= 4 is 44.3 Å². The van der Waals surface area contributed by atoms with E-state index >= 15 is 0 Å². The number of amides is 1. The average molecular weight is 457 g/mol. The van der Waals surface area contributed by atoms with Crippen LogP contribution in [0.15, 0.2) is 53.1 Å². The van der Waals surface area contributed by atoms with Gasteiger partial charge in [-0.1, -0.05) is 22.0 Å². The molecule has 2 aromatic carbocycles. The molecule has 1 amide bonds. The number of H-pyrrole nitrogens is 1. The highest BCUT2D eigenvalue weighted by molar-refractivity contribution is 9.10. The van der Waals surface area contributed by atoms with Gasteiger partial charge in [-0.15, -0.1) is 0 Å². The molecule has 7 heteroatoms. The van der Waals surface area contributed by atoms with Gasteiger partial charge >= 0.3 is 5.97 Å². The lowest BCUT2D eigenvalue weighted by Crippen LogP contribution is -2.28. The molecule has 1 N–H and O–H groups in total. The Labute approximate surface area is 175 Å². The van der Waals surface area contributed by atoms with Crippen LogP contribution < -0.4 is 0 Å². The van der Waals surface area contributed by atoms with E-state index in [4.69, 9.17) is 4.74 Å². The number of rotatable bonds is 3. The summed E-state index contributed by atoms with van der Waals surface area (Å²) >= 11 is 3.46. The maximum Gasteiger partial charge on any atom is 0.341 e. The van der Waals surface area contributed by atoms with Crippen molar-refractivity contribution < 1.29 is 18.7 Å². The lowest BCUT2D eigenvalue weighted by Gasteiger charge is -2.18. The molecule has 1 aromatic heterocycles. The van der Waals surface area contributed by atoms with E-state index in [9.17, 15) is 14.0 Å². The van der Waals surface area contributed by atoms with Crippen LogP contribution in [-0.2, 0) is 16.0 Å². The highest BCUT2D eigenvalue weighted by atomic mass is 79.9. The molecule has 0 bridgehead atoms. The van der Waals surface area contributed by atoms with Gasteiger partial charge in [0, 0.05) is 33.7 Å². The zero-order valence-corrected chi connectivity index (χ0v) is 17.3. The number of fused-ring (bicyclic) bond motifs is 3. The summed E-state index contributed by atoms with van der Waals surface area (Å²) in [4.78, 5) is 30.5. The van der Waals surface area contributed by atoms with Crippen molar-refractivity contribution in [3.8, 4) is 0 Å². The van der Waals surface area contributed by atoms with Gasteiger partial charge in [0.25, 0.3) is 5.91 Å². The molecule has 0 saturated heterocycles. The van der Waals surface area contributed by atoms with Crippen molar-refractivity contribution in [2.45, 2.75) is 13.3 Å². The predicted octanol–water partition coefficient (Wildman–Crippen LogP) is 4.67. The SMILES string of the molecule is CCOC(=O)C1=CN(C(=O)c2ccc(F)cc2)CCc2c1[nH]c1cc(Br)ccc21. The number of carbonyl (C=O) groups excluding carboxylic acids is 2. The van der Waals surface area contributed by atoms with Crippen molar-refractivity contribution in [3.63, 3.8) is 0 Å². The number of hydrogen-bond acceptors (Lipinski definition) is 3. The summed E-state index contributed by atoms with van der Waals surface area (Å²) in [6, 6.07) is 11.2. The molecule has 0 unspecified atom stereocenters. The first-order valence-corrected chi connectivity index (χ1v) is 10.0. The number of esters is 1. The molecule has 0 spiro atoms. The smallest absolute Gasteiger partial charge is 0.341 e. The maximum atomic E-state index is 13.2. The number of nitrogens with one attached hydrogen (secondary N) is 1. The van der Waals surface area contributed by atoms with Crippen molar-refractivity contribution in [1.29, 1.82) is 0 Å². The molecule has 2 heterocycles. The third-order valence-corrected chi connectivity index (χ3v) is 5.37. The number of ether oxygens (including phenoxy) is 1. The van der Waals surface area contributed by atoms with Gasteiger partial charge in [-0.05, 0) is 55.3 Å². The Morgan fingerprint density at radius 1 is 1.21 bits per heavy atom. The Morgan fingerprint density at radius 3 is 2.69 bits per heavy atom. The first-order chi connectivity index (χ1) is 14.0. The van der Waals surface area contributed by atoms with Crippen LogP contribution in [0.2, 0.25) is 0 Å². The van der Waals surface area contributed by atoms with Gasteiger partial charge in [-0.3, -0.25) is 4.79 Å². The van der Waals surface area contributed by atoms with E-state index < -0.39 is 11.8 Å². The first kappa shape index (κ1) is 19.4. The van der Waals surface area contributed by atoms with Crippen molar-refractivity contribution in [2.75, 3.05) is 13.2 Å². The predicted molar refractivity (Wildman–Crippen MR) is 112 cm³/mol. The van der Waals surface area contributed by atoms with Crippen LogP contribution in [0.1, 0.15) is 28.5 Å². The van der Waals surface area contributed by atoms with Crippen molar-refractivity contribution in [3.05, 3.63) is 75.8 Å². The number of halogens is 2. The van der Waals surface area contributed by atoms with Gasteiger partial charge in [-0.25, -0.2) is 9.18 Å². The highest BCUT2D eigenvalue weighted by Crippen LogP contribution is 2.33. The second-order valence-corrected chi connectivity index (χ2v) is 7.60. The number of nitrogens with zero attached hydrogens (tertiary/aromatic N) is 1. The molecule has 0 fully saturated rings. The van der Waals surface area contributed by atoms with E-state index in [1.807, 2.05) is 18.2 Å². The normalized spacial score (nSPS) is 13.6. The van der Waals surface area contributed by atoms with Gasteiger partial charge < -0.3 is 14.6 Å². The second kappa shape index (κ2) is 7.83.